The second-order valence-corrected chi connectivity index (χ2v) is 5.99. The zero-order valence-corrected chi connectivity index (χ0v) is 12.4. The third kappa shape index (κ3) is 2.71. The van der Waals surface area contributed by atoms with E-state index in [9.17, 15) is 9.59 Å². The predicted octanol–water partition coefficient (Wildman–Crippen LogP) is 2.79. The summed E-state index contributed by atoms with van der Waals surface area (Å²) < 4.78 is 11.0. The Hall–Kier alpha value is -2.30. The van der Waals surface area contributed by atoms with Crippen LogP contribution in [0.25, 0.3) is 6.08 Å². The summed E-state index contributed by atoms with van der Waals surface area (Å²) in [7, 11) is 0. The van der Waals surface area contributed by atoms with Crippen LogP contribution in [-0.2, 0) is 11.2 Å². The van der Waals surface area contributed by atoms with Gasteiger partial charge in [-0.2, -0.15) is 0 Å². The third-order valence-electron chi connectivity index (χ3n) is 4.32. The maximum atomic E-state index is 12.0. The van der Waals surface area contributed by atoms with Gasteiger partial charge in [0.1, 0.15) is 29.6 Å². The van der Waals surface area contributed by atoms with E-state index in [1.807, 2.05) is 13.0 Å². The van der Waals surface area contributed by atoms with Gasteiger partial charge < -0.3 is 14.3 Å². The Kier molecular flexibility index (Phi) is 3.64. The second kappa shape index (κ2) is 5.48. The summed E-state index contributed by atoms with van der Waals surface area (Å²) in [5.74, 6) is -0.0959. The number of hydrogen-bond donors (Lipinski definition) is 1. The number of aliphatic carboxylic acids is 1. The van der Waals surface area contributed by atoms with Crippen LogP contribution < -0.4 is 10.4 Å². The molecule has 1 aliphatic carbocycles. The van der Waals surface area contributed by atoms with E-state index in [0.717, 1.165) is 30.4 Å². The van der Waals surface area contributed by atoms with E-state index in [0.29, 0.717) is 17.2 Å². The number of carboxylic acids is 1. The lowest BCUT2D eigenvalue weighted by molar-refractivity contribution is -0.136. The van der Waals surface area contributed by atoms with Crippen LogP contribution in [0.2, 0.25) is 0 Å². The first kappa shape index (κ1) is 14.6. The number of allylic oxidation sites excluding steroid dienone is 1. The van der Waals surface area contributed by atoms with Crippen LogP contribution in [0.15, 0.2) is 33.0 Å². The van der Waals surface area contributed by atoms with E-state index >= 15 is 0 Å². The number of carbonyl (C=O) groups is 1. The number of ether oxygens (including phenoxy) is 1. The van der Waals surface area contributed by atoms with Gasteiger partial charge >= 0.3 is 11.6 Å². The summed E-state index contributed by atoms with van der Waals surface area (Å²) in [5, 5.41) is 8.82. The number of hydrogen-bond acceptors (Lipinski definition) is 4. The highest BCUT2D eigenvalue weighted by atomic mass is 16.5. The molecule has 116 valence electrons. The van der Waals surface area contributed by atoms with Crippen molar-refractivity contribution >= 4 is 12.0 Å². The lowest BCUT2D eigenvalue weighted by Gasteiger charge is -2.35. The molecule has 5 heteroatoms. The van der Waals surface area contributed by atoms with E-state index < -0.39 is 11.6 Å². The van der Waals surface area contributed by atoms with Crippen molar-refractivity contribution < 1.29 is 19.1 Å². The second-order valence-electron chi connectivity index (χ2n) is 5.99. The van der Waals surface area contributed by atoms with Gasteiger partial charge in [0, 0.05) is 6.07 Å². The van der Waals surface area contributed by atoms with Gasteiger partial charge in [-0.15, -0.1) is 0 Å². The third-order valence-corrected chi connectivity index (χ3v) is 4.32. The molecule has 22 heavy (non-hydrogen) atoms. The molecule has 0 aromatic carbocycles. The Balaban J connectivity index is 1.93. The predicted molar refractivity (Wildman–Crippen MR) is 80.9 cm³/mol. The van der Waals surface area contributed by atoms with Crippen molar-refractivity contribution in [2.75, 3.05) is 0 Å². The summed E-state index contributed by atoms with van der Waals surface area (Å²) in [6.45, 7) is 6.04. The van der Waals surface area contributed by atoms with Crippen LogP contribution >= 0.6 is 0 Å². The van der Waals surface area contributed by atoms with Crippen LogP contribution in [0, 0.1) is 5.92 Å². The van der Waals surface area contributed by atoms with Crippen molar-refractivity contribution in [1.82, 2.24) is 0 Å². The quantitative estimate of drug-likeness (QED) is 0.869. The summed E-state index contributed by atoms with van der Waals surface area (Å²) in [5.41, 5.74) is 2.09. The van der Waals surface area contributed by atoms with E-state index in [4.69, 9.17) is 14.3 Å². The fraction of sp³-hybridized carbons (Fsp3) is 0.412. The summed E-state index contributed by atoms with van der Waals surface area (Å²) >= 11 is 0. The van der Waals surface area contributed by atoms with E-state index in [-0.39, 0.29) is 18.3 Å². The molecule has 2 aliphatic rings. The largest absolute Gasteiger partial charge is 0.485 e. The molecule has 5 nitrogen and oxygen atoms in total. The molecule has 0 saturated heterocycles. The molecule has 1 aromatic heterocycles. The molecular formula is C17H18O5. The van der Waals surface area contributed by atoms with Crippen LogP contribution in [0.3, 0.4) is 0 Å². The first-order valence-electron chi connectivity index (χ1n) is 7.35. The zero-order chi connectivity index (χ0) is 15.9. The minimum Gasteiger partial charge on any atom is -0.485 e. The highest BCUT2D eigenvalue weighted by molar-refractivity contribution is 5.70. The Morgan fingerprint density at radius 3 is 2.95 bits per heavy atom. The molecular weight excluding hydrogens is 284 g/mol. The van der Waals surface area contributed by atoms with E-state index in [1.54, 1.807) is 0 Å². The molecule has 0 radical (unpaired) electrons. The molecule has 0 amide bonds. The Morgan fingerprint density at radius 2 is 2.27 bits per heavy atom. The minimum absolute atomic E-state index is 0.0672. The van der Waals surface area contributed by atoms with Gasteiger partial charge in [0.2, 0.25) is 0 Å². The molecule has 1 N–H and O–H groups in total. The molecule has 1 aromatic rings. The molecule has 0 spiro atoms. The lowest BCUT2D eigenvalue weighted by Crippen LogP contribution is -2.31. The summed E-state index contributed by atoms with van der Waals surface area (Å²) in [6.07, 6.45) is 4.17. The summed E-state index contributed by atoms with van der Waals surface area (Å²) in [6, 6.07) is 1.52. The van der Waals surface area contributed by atoms with Crippen molar-refractivity contribution in [3.63, 3.8) is 0 Å². The Labute approximate surface area is 127 Å². The first-order valence-corrected chi connectivity index (χ1v) is 7.35. The topological polar surface area (TPSA) is 76.7 Å². The van der Waals surface area contributed by atoms with Gasteiger partial charge in [0.15, 0.2) is 0 Å². The van der Waals surface area contributed by atoms with Crippen LogP contribution in [-0.4, -0.2) is 17.2 Å². The molecule has 3 rings (SSSR count). The monoisotopic (exact) mass is 302 g/mol. The zero-order valence-electron chi connectivity index (χ0n) is 12.4. The number of fused-ring (bicyclic) bond motifs is 2. The van der Waals surface area contributed by atoms with E-state index in [2.05, 4.69) is 6.58 Å². The van der Waals surface area contributed by atoms with Gasteiger partial charge in [-0.25, -0.2) is 4.79 Å². The van der Waals surface area contributed by atoms with Crippen molar-refractivity contribution in [3.05, 3.63) is 45.5 Å². The van der Waals surface area contributed by atoms with Crippen LogP contribution in [0.5, 0.6) is 5.75 Å². The maximum absolute atomic E-state index is 12.0. The van der Waals surface area contributed by atoms with Gasteiger partial charge in [0.25, 0.3) is 0 Å². The van der Waals surface area contributed by atoms with E-state index in [1.165, 1.54) is 6.07 Å². The summed E-state index contributed by atoms with van der Waals surface area (Å²) in [4.78, 5) is 22.8. The highest BCUT2D eigenvalue weighted by Gasteiger charge is 2.32. The Bertz CT molecular complexity index is 725. The van der Waals surface area contributed by atoms with Crippen LogP contribution in [0.4, 0.5) is 0 Å². The van der Waals surface area contributed by atoms with Crippen molar-refractivity contribution in [1.29, 1.82) is 0 Å². The van der Waals surface area contributed by atoms with Crippen molar-refractivity contribution in [3.8, 4) is 5.75 Å². The average molecular weight is 302 g/mol. The lowest BCUT2D eigenvalue weighted by atomic mass is 9.79. The molecule has 1 fully saturated rings. The molecule has 2 heterocycles. The molecule has 0 unspecified atom stereocenters. The normalized spacial score (nSPS) is 22.9. The number of rotatable bonds is 3. The standard InChI is InChI=1S/C17H18O5/c1-9(2)10-3-4-11-5-13-15(22-14(11)6-10)7-12(8-16(18)19)21-17(13)20/h5,7,10,14H,1,3-4,6,8H2,2H3,(H,18,19)/t10-,14-/m0/s1. The van der Waals surface area contributed by atoms with Gasteiger partial charge in [-0.1, -0.05) is 12.2 Å². The fourth-order valence-corrected chi connectivity index (χ4v) is 3.10. The smallest absolute Gasteiger partial charge is 0.347 e. The SMILES string of the molecule is C=C(C)[C@H]1CCC2=Cc3c(cc(CC(=O)O)oc3=O)O[C@H]2C1. The van der Waals surface area contributed by atoms with Crippen LogP contribution in [0.1, 0.15) is 37.5 Å². The molecule has 1 aliphatic heterocycles. The van der Waals surface area contributed by atoms with Crippen molar-refractivity contribution in [2.45, 2.75) is 38.7 Å². The average Bonchev–Trinajstić information content (AvgIpc) is 2.44. The van der Waals surface area contributed by atoms with Gasteiger partial charge in [-0.05, 0) is 43.8 Å². The molecule has 0 bridgehead atoms. The fourth-order valence-electron chi connectivity index (χ4n) is 3.10. The molecule has 2 atom stereocenters. The van der Waals surface area contributed by atoms with Gasteiger partial charge in [0.05, 0.1) is 0 Å². The number of carboxylic acid groups (broad SMARTS) is 1. The Morgan fingerprint density at radius 1 is 1.50 bits per heavy atom. The maximum Gasteiger partial charge on any atom is 0.347 e. The first-order chi connectivity index (χ1) is 10.4. The minimum atomic E-state index is -1.05. The highest BCUT2D eigenvalue weighted by Crippen LogP contribution is 2.39. The van der Waals surface area contributed by atoms with Gasteiger partial charge in [-0.3, -0.25) is 4.79 Å². The molecule has 1 saturated carbocycles. The van der Waals surface area contributed by atoms with Crippen molar-refractivity contribution in [2.24, 2.45) is 5.92 Å².